The molecule has 0 fully saturated rings. The van der Waals surface area contributed by atoms with E-state index in [1.54, 1.807) is 26.0 Å². The van der Waals surface area contributed by atoms with Gasteiger partial charge in [-0.1, -0.05) is 58.6 Å². The van der Waals surface area contributed by atoms with Crippen molar-refractivity contribution in [1.29, 1.82) is 0 Å². The van der Waals surface area contributed by atoms with Gasteiger partial charge in [-0.3, -0.25) is 0 Å². The van der Waals surface area contributed by atoms with Gasteiger partial charge in [-0.2, -0.15) is 4.39 Å². The van der Waals surface area contributed by atoms with Crippen molar-refractivity contribution in [2.75, 3.05) is 6.61 Å². The Morgan fingerprint density at radius 1 is 1.06 bits per heavy atom. The third-order valence-corrected chi connectivity index (χ3v) is 6.81. The molecule has 2 rings (SSSR count). The van der Waals surface area contributed by atoms with E-state index in [1.165, 1.54) is 0 Å². The Morgan fingerprint density at radius 2 is 1.76 bits per heavy atom. The average Bonchev–Trinajstić information content (AvgIpc) is 2.82. The lowest BCUT2D eigenvalue weighted by atomic mass is 9.86. The number of allylic oxidation sites excluding steroid dienone is 5. The molecule has 3 unspecified atom stereocenters. The van der Waals surface area contributed by atoms with Crippen molar-refractivity contribution in [2.45, 2.75) is 72.6 Å². The van der Waals surface area contributed by atoms with Gasteiger partial charge >= 0.3 is 0 Å². The molecule has 0 heterocycles. The molecule has 1 aliphatic carbocycles. The molecule has 0 aliphatic heterocycles. The van der Waals surface area contributed by atoms with Gasteiger partial charge in [0, 0.05) is 5.56 Å². The molecule has 1 aliphatic rings. The van der Waals surface area contributed by atoms with E-state index in [2.05, 4.69) is 20.1 Å². The van der Waals surface area contributed by atoms with Gasteiger partial charge in [0.1, 0.15) is 0 Å². The lowest BCUT2D eigenvalue weighted by molar-refractivity contribution is 0.223. The zero-order valence-corrected chi connectivity index (χ0v) is 21.0. The Balaban J connectivity index is 1.91. The van der Waals surface area contributed by atoms with Crippen LogP contribution in [0.5, 0.6) is 0 Å². The molecule has 0 amide bonds. The largest absolute Gasteiger partial charge is 0.491 e. The Labute approximate surface area is 202 Å². The number of ether oxygens (including phenoxy) is 1. The Morgan fingerprint density at radius 3 is 2.38 bits per heavy atom. The number of rotatable bonds is 12. The first-order valence-corrected chi connectivity index (χ1v) is 12.3. The summed E-state index contributed by atoms with van der Waals surface area (Å²) in [6, 6.07) is 3.39. The normalized spacial score (nSPS) is 18.6. The smallest absolute Gasteiger partial charge is 0.200 e. The molecule has 5 heteroatoms. The maximum absolute atomic E-state index is 14.7. The highest BCUT2D eigenvalue weighted by molar-refractivity contribution is 5.67. The van der Waals surface area contributed by atoms with E-state index >= 15 is 0 Å². The van der Waals surface area contributed by atoms with Crippen LogP contribution in [0.3, 0.4) is 0 Å². The minimum Gasteiger partial charge on any atom is -0.491 e. The summed E-state index contributed by atoms with van der Waals surface area (Å²) in [4.78, 5) is 0. The molecule has 0 radical (unpaired) electrons. The predicted molar refractivity (Wildman–Crippen MR) is 132 cm³/mol. The fraction of sp³-hybridized carbons (Fsp3) is 0.517. The molecule has 1 nitrogen and oxygen atoms in total. The molecule has 0 N–H and O–H groups in total. The van der Waals surface area contributed by atoms with Crippen LogP contribution in [0.2, 0.25) is 0 Å². The molecule has 1 aromatic rings. The van der Waals surface area contributed by atoms with Crippen LogP contribution in [-0.4, -0.2) is 6.61 Å². The third kappa shape index (κ3) is 7.35. The summed E-state index contributed by atoms with van der Waals surface area (Å²) in [6.07, 6.45) is 7.11. The number of aryl methyl sites for hydroxylation is 1. The molecule has 188 valence electrons. The number of halogens is 4. The molecular weight excluding hydrogens is 440 g/mol. The quantitative estimate of drug-likeness (QED) is 0.165. The van der Waals surface area contributed by atoms with Gasteiger partial charge in [-0.15, -0.1) is 0 Å². The van der Waals surface area contributed by atoms with E-state index < -0.39 is 23.3 Å². The van der Waals surface area contributed by atoms with Crippen molar-refractivity contribution in [3.05, 3.63) is 77.1 Å². The van der Waals surface area contributed by atoms with Crippen molar-refractivity contribution in [2.24, 2.45) is 17.8 Å². The van der Waals surface area contributed by atoms with Crippen molar-refractivity contribution in [3.8, 4) is 0 Å². The summed E-state index contributed by atoms with van der Waals surface area (Å²) in [7, 11) is 0. The van der Waals surface area contributed by atoms with Crippen LogP contribution in [0.15, 0.2) is 54.4 Å². The fourth-order valence-corrected chi connectivity index (χ4v) is 4.21. The third-order valence-electron chi connectivity index (χ3n) is 6.81. The van der Waals surface area contributed by atoms with Crippen LogP contribution >= 0.6 is 0 Å². The predicted octanol–water partition coefficient (Wildman–Crippen LogP) is 9.41. The highest BCUT2D eigenvalue weighted by atomic mass is 19.2. The van der Waals surface area contributed by atoms with Crippen molar-refractivity contribution >= 4 is 5.57 Å². The second-order valence-electron chi connectivity index (χ2n) is 9.64. The van der Waals surface area contributed by atoms with Crippen LogP contribution in [0.1, 0.15) is 77.3 Å². The van der Waals surface area contributed by atoms with E-state index in [1.807, 2.05) is 13.0 Å². The number of benzene rings is 1. The first kappa shape index (κ1) is 27.9. The van der Waals surface area contributed by atoms with Crippen LogP contribution < -0.4 is 0 Å². The van der Waals surface area contributed by atoms with Crippen molar-refractivity contribution in [1.82, 2.24) is 0 Å². The van der Waals surface area contributed by atoms with Crippen LogP contribution in [0.25, 0.3) is 5.57 Å². The van der Waals surface area contributed by atoms with Crippen LogP contribution in [0.4, 0.5) is 17.6 Å². The van der Waals surface area contributed by atoms with Crippen molar-refractivity contribution < 1.29 is 22.3 Å². The number of hydrogen-bond acceptors (Lipinski definition) is 1. The number of hydrogen-bond donors (Lipinski definition) is 0. The topological polar surface area (TPSA) is 9.23 Å². The monoisotopic (exact) mass is 478 g/mol. The highest BCUT2D eigenvalue weighted by Crippen LogP contribution is 2.34. The van der Waals surface area contributed by atoms with Crippen LogP contribution in [-0.2, 0) is 11.2 Å². The Hall–Kier alpha value is -2.30. The second-order valence-corrected chi connectivity index (χ2v) is 9.64. The van der Waals surface area contributed by atoms with Crippen LogP contribution in [0, 0.1) is 29.4 Å². The SMILES string of the molecule is C=C(OCC)/C(F)=C(/F)C(=C)C(C)CCC(C)CCc1ccc(C2=CCC(C)CC2)c(F)c1F. The first-order valence-electron chi connectivity index (χ1n) is 12.3. The van der Waals surface area contributed by atoms with E-state index in [-0.39, 0.29) is 29.8 Å². The van der Waals surface area contributed by atoms with Gasteiger partial charge in [-0.25, -0.2) is 13.2 Å². The molecule has 0 saturated carbocycles. The zero-order valence-electron chi connectivity index (χ0n) is 21.0. The molecule has 0 aromatic heterocycles. The van der Waals surface area contributed by atoms with E-state index in [9.17, 15) is 17.6 Å². The minimum absolute atomic E-state index is 0.0701. The van der Waals surface area contributed by atoms with Crippen molar-refractivity contribution in [3.63, 3.8) is 0 Å². The summed E-state index contributed by atoms with van der Waals surface area (Å²) in [5.41, 5.74) is 1.72. The molecule has 0 spiro atoms. The van der Waals surface area contributed by atoms with Gasteiger partial charge in [0.05, 0.1) is 6.61 Å². The summed E-state index contributed by atoms with van der Waals surface area (Å²) in [5, 5.41) is 0. The molecule has 0 bridgehead atoms. The average molecular weight is 479 g/mol. The first-order chi connectivity index (χ1) is 16.1. The Kier molecular flexibility index (Phi) is 10.7. The van der Waals surface area contributed by atoms with Gasteiger partial charge in [0.2, 0.25) is 0 Å². The molecule has 0 saturated heterocycles. The summed E-state index contributed by atoms with van der Waals surface area (Å²) >= 11 is 0. The summed E-state index contributed by atoms with van der Waals surface area (Å²) in [6.45, 7) is 14.9. The maximum atomic E-state index is 14.7. The zero-order chi connectivity index (χ0) is 25.4. The summed E-state index contributed by atoms with van der Waals surface area (Å²) in [5.74, 6) is -3.49. The van der Waals surface area contributed by atoms with E-state index in [4.69, 9.17) is 4.74 Å². The van der Waals surface area contributed by atoms with E-state index in [0.29, 0.717) is 36.3 Å². The van der Waals surface area contributed by atoms with Gasteiger partial charge in [0.25, 0.3) is 0 Å². The second kappa shape index (κ2) is 13.0. The standard InChI is InChI=1S/C29H38F4O/c1-7-34-22(6)27(31)26(30)21(5)20(4)12-8-18(2)11-15-24-16-17-25(29(33)28(24)32)23-13-9-19(3)10-14-23/h13,16-20H,5-12,14-15H2,1-4H3/b27-26-. The van der Waals surface area contributed by atoms with E-state index in [0.717, 1.165) is 31.3 Å². The summed E-state index contributed by atoms with van der Waals surface area (Å²) < 4.78 is 62.8. The molecule has 34 heavy (non-hydrogen) atoms. The fourth-order valence-electron chi connectivity index (χ4n) is 4.21. The lowest BCUT2D eigenvalue weighted by Gasteiger charge is -2.20. The molecule has 1 aromatic carbocycles. The van der Waals surface area contributed by atoms with Gasteiger partial charge in [-0.05, 0) is 79.9 Å². The maximum Gasteiger partial charge on any atom is 0.200 e. The Bertz CT molecular complexity index is 944. The van der Waals surface area contributed by atoms with Gasteiger partial charge in [0.15, 0.2) is 29.0 Å². The van der Waals surface area contributed by atoms with Gasteiger partial charge < -0.3 is 4.74 Å². The lowest BCUT2D eigenvalue weighted by Crippen LogP contribution is -2.07. The minimum atomic E-state index is -1.12. The molecule has 3 atom stereocenters. The highest BCUT2D eigenvalue weighted by Gasteiger charge is 2.21. The molecular formula is C29H38F4O.